The van der Waals surface area contributed by atoms with E-state index < -0.39 is 0 Å². The number of carbonyl (C=O) groups excluding carboxylic acids is 1. The van der Waals surface area contributed by atoms with Crippen LogP contribution in [0.25, 0.3) is 22.4 Å². The molecule has 3 heterocycles. The summed E-state index contributed by atoms with van der Waals surface area (Å²) in [5.74, 6) is 0.707. The molecule has 0 radical (unpaired) electrons. The highest BCUT2D eigenvalue weighted by atomic mass is 19.1. The Morgan fingerprint density at radius 3 is 2.81 bits per heavy atom. The van der Waals surface area contributed by atoms with Crippen molar-refractivity contribution in [2.45, 2.75) is 25.2 Å². The lowest BCUT2D eigenvalue weighted by Crippen LogP contribution is -2.40. The van der Waals surface area contributed by atoms with Crippen LogP contribution in [0.4, 0.5) is 4.39 Å². The molecular weight excluding hydrogens is 395 g/mol. The Hall–Kier alpha value is -3.48. The Labute approximate surface area is 179 Å². The van der Waals surface area contributed by atoms with Crippen LogP contribution in [0.3, 0.4) is 0 Å². The number of hydrogen-bond donors (Lipinski definition) is 0. The molecule has 31 heavy (non-hydrogen) atoms. The Morgan fingerprint density at radius 2 is 1.97 bits per heavy atom. The number of halogens is 1. The van der Waals surface area contributed by atoms with Gasteiger partial charge in [-0.15, -0.1) is 10.2 Å². The number of benzene rings is 2. The van der Waals surface area contributed by atoms with Crippen molar-refractivity contribution in [1.29, 1.82) is 0 Å². The number of piperidine rings is 1. The minimum atomic E-state index is -0.309. The number of aryl methyl sites for hydroxylation is 1. The van der Waals surface area contributed by atoms with Crippen LogP contribution >= 0.6 is 0 Å². The van der Waals surface area contributed by atoms with E-state index >= 15 is 0 Å². The van der Waals surface area contributed by atoms with Gasteiger partial charge in [-0.2, -0.15) is 0 Å². The predicted molar refractivity (Wildman–Crippen MR) is 115 cm³/mol. The molecule has 1 unspecified atom stereocenters. The molecule has 2 aromatic heterocycles. The minimum absolute atomic E-state index is 0.00640. The van der Waals surface area contributed by atoms with Crippen molar-refractivity contribution in [3.8, 4) is 11.5 Å². The zero-order valence-corrected chi connectivity index (χ0v) is 17.3. The number of para-hydroxylation sites is 1. The van der Waals surface area contributed by atoms with Gasteiger partial charge in [-0.05, 0) is 48.7 Å². The fourth-order valence-electron chi connectivity index (χ4n) is 4.36. The highest BCUT2D eigenvalue weighted by Crippen LogP contribution is 2.29. The molecule has 1 amide bonds. The number of amides is 1. The second kappa shape index (κ2) is 7.98. The van der Waals surface area contributed by atoms with E-state index in [2.05, 4.69) is 26.9 Å². The molecule has 0 saturated carbocycles. The van der Waals surface area contributed by atoms with Gasteiger partial charge in [-0.1, -0.05) is 18.2 Å². The van der Waals surface area contributed by atoms with Crippen molar-refractivity contribution in [2.24, 2.45) is 7.05 Å². The molecule has 0 bridgehead atoms. The van der Waals surface area contributed by atoms with E-state index in [4.69, 9.17) is 4.42 Å². The normalized spacial score (nSPS) is 16.7. The van der Waals surface area contributed by atoms with Crippen molar-refractivity contribution in [2.75, 3.05) is 13.1 Å². The average molecular weight is 418 g/mol. The summed E-state index contributed by atoms with van der Waals surface area (Å²) in [6.45, 7) is 1.30. The van der Waals surface area contributed by atoms with E-state index in [1.165, 1.54) is 12.1 Å². The number of carbonyl (C=O) groups is 1. The highest BCUT2D eigenvalue weighted by molar-refractivity contribution is 5.89. The molecule has 6 nitrogen and oxygen atoms in total. The molecule has 0 spiro atoms. The van der Waals surface area contributed by atoms with Crippen LogP contribution in [0.2, 0.25) is 0 Å². The Morgan fingerprint density at radius 1 is 1.16 bits per heavy atom. The molecule has 7 heteroatoms. The summed E-state index contributed by atoms with van der Waals surface area (Å²) in [5.41, 5.74) is 2.85. The average Bonchev–Trinajstić information content (AvgIpc) is 3.40. The summed E-state index contributed by atoms with van der Waals surface area (Å²) < 4.78 is 21.1. The quantitative estimate of drug-likeness (QED) is 0.495. The third-order valence-corrected chi connectivity index (χ3v) is 5.98. The molecule has 4 aromatic rings. The number of rotatable bonds is 4. The first-order chi connectivity index (χ1) is 15.1. The summed E-state index contributed by atoms with van der Waals surface area (Å²) in [4.78, 5) is 15.0. The summed E-state index contributed by atoms with van der Waals surface area (Å²) >= 11 is 0. The van der Waals surface area contributed by atoms with Gasteiger partial charge in [0.25, 0.3) is 0 Å². The van der Waals surface area contributed by atoms with Crippen molar-refractivity contribution in [1.82, 2.24) is 19.7 Å². The van der Waals surface area contributed by atoms with Crippen molar-refractivity contribution < 1.29 is 13.6 Å². The number of hydrogen-bond acceptors (Lipinski definition) is 4. The van der Waals surface area contributed by atoms with Crippen LogP contribution < -0.4 is 0 Å². The topological polar surface area (TPSA) is 64.2 Å². The summed E-state index contributed by atoms with van der Waals surface area (Å²) in [6, 6.07) is 14.1. The molecule has 1 atom stereocenters. The first-order valence-electron chi connectivity index (χ1n) is 10.5. The van der Waals surface area contributed by atoms with Crippen molar-refractivity contribution in [3.63, 3.8) is 0 Å². The SMILES string of the molecule is Cn1cc(CC(=O)N2CCCC(c3nnc(-c4ccc(F)cc4)o3)C2)c2ccccc21. The first-order valence-corrected chi connectivity index (χ1v) is 10.5. The Balaban J connectivity index is 1.30. The second-order valence-corrected chi connectivity index (χ2v) is 8.09. The molecule has 1 aliphatic rings. The van der Waals surface area contributed by atoms with Crippen molar-refractivity contribution in [3.05, 3.63) is 72.0 Å². The standard InChI is InChI=1S/C24H23FN4O2/c1-28-14-18(20-6-2-3-7-21(20)28)13-22(30)29-12-4-5-17(15-29)24-27-26-23(31-24)16-8-10-19(25)11-9-16/h2-3,6-11,14,17H,4-5,12-13,15H2,1H3. The molecule has 1 saturated heterocycles. The number of fused-ring (bicyclic) bond motifs is 1. The summed E-state index contributed by atoms with van der Waals surface area (Å²) in [6.07, 6.45) is 4.19. The minimum Gasteiger partial charge on any atom is -0.420 e. The maximum absolute atomic E-state index is 13.2. The molecule has 158 valence electrons. The van der Waals surface area contributed by atoms with Gasteiger partial charge in [0.05, 0.1) is 12.3 Å². The fourth-order valence-corrected chi connectivity index (χ4v) is 4.36. The maximum Gasteiger partial charge on any atom is 0.247 e. The van der Waals surface area contributed by atoms with Gasteiger partial charge in [-0.3, -0.25) is 4.79 Å². The van der Waals surface area contributed by atoms with E-state index in [0.717, 1.165) is 35.9 Å². The lowest BCUT2D eigenvalue weighted by atomic mass is 9.97. The van der Waals surface area contributed by atoms with Crippen LogP contribution in [0.1, 0.15) is 30.2 Å². The molecule has 1 aliphatic heterocycles. The molecule has 0 N–H and O–H groups in total. The van der Waals surface area contributed by atoms with Gasteiger partial charge < -0.3 is 13.9 Å². The first kappa shape index (κ1) is 19.5. The number of likely N-dealkylation sites (tertiary alicyclic amines) is 1. The zero-order valence-electron chi connectivity index (χ0n) is 17.3. The lowest BCUT2D eigenvalue weighted by Gasteiger charge is -2.31. The van der Waals surface area contributed by atoms with Gasteiger partial charge in [0.15, 0.2) is 0 Å². The van der Waals surface area contributed by atoms with Crippen LogP contribution in [0.5, 0.6) is 0 Å². The third kappa shape index (κ3) is 3.83. The Bertz CT molecular complexity index is 1230. The highest BCUT2D eigenvalue weighted by Gasteiger charge is 2.29. The predicted octanol–water partition coefficient (Wildman–Crippen LogP) is 4.32. The molecule has 0 aliphatic carbocycles. The Kier molecular flexibility index (Phi) is 5.02. The van der Waals surface area contributed by atoms with Crippen molar-refractivity contribution >= 4 is 16.8 Å². The van der Waals surface area contributed by atoms with E-state index in [9.17, 15) is 9.18 Å². The number of aromatic nitrogens is 3. The van der Waals surface area contributed by atoms with Gasteiger partial charge in [-0.25, -0.2) is 4.39 Å². The summed E-state index contributed by atoms with van der Waals surface area (Å²) in [5, 5.41) is 9.45. The largest absolute Gasteiger partial charge is 0.420 e. The van der Waals surface area contributed by atoms with E-state index in [0.29, 0.717) is 30.3 Å². The molecule has 1 fully saturated rings. The van der Waals surface area contributed by atoms with Gasteiger partial charge >= 0.3 is 0 Å². The van der Waals surface area contributed by atoms with E-state index in [1.54, 1.807) is 12.1 Å². The van der Waals surface area contributed by atoms with Gasteiger partial charge in [0, 0.05) is 42.8 Å². The maximum atomic E-state index is 13.2. The molecule has 2 aromatic carbocycles. The second-order valence-electron chi connectivity index (χ2n) is 8.09. The fraction of sp³-hybridized carbons (Fsp3) is 0.292. The molecular formula is C24H23FN4O2. The smallest absolute Gasteiger partial charge is 0.247 e. The van der Waals surface area contributed by atoms with Gasteiger partial charge in [0.1, 0.15) is 5.82 Å². The van der Waals surface area contributed by atoms with Crippen LogP contribution in [0.15, 0.2) is 59.1 Å². The van der Waals surface area contributed by atoms with Crippen LogP contribution in [-0.4, -0.2) is 38.7 Å². The monoisotopic (exact) mass is 418 g/mol. The lowest BCUT2D eigenvalue weighted by molar-refractivity contribution is -0.131. The van der Waals surface area contributed by atoms with Crippen LogP contribution in [0, 0.1) is 5.82 Å². The third-order valence-electron chi connectivity index (χ3n) is 5.98. The van der Waals surface area contributed by atoms with Gasteiger partial charge in [0.2, 0.25) is 17.7 Å². The zero-order chi connectivity index (χ0) is 21.4. The number of nitrogens with zero attached hydrogens (tertiary/aromatic N) is 4. The molecule has 5 rings (SSSR count). The van der Waals surface area contributed by atoms with E-state index in [-0.39, 0.29) is 17.6 Å². The summed E-state index contributed by atoms with van der Waals surface area (Å²) in [7, 11) is 2.00. The van der Waals surface area contributed by atoms with E-state index in [1.807, 2.05) is 30.3 Å². The van der Waals surface area contributed by atoms with Crippen LogP contribution in [-0.2, 0) is 18.3 Å².